The third-order valence-corrected chi connectivity index (χ3v) is 6.18. The number of phenols is 1. The van der Waals surface area contributed by atoms with Crippen LogP contribution >= 0.6 is 0 Å². The van der Waals surface area contributed by atoms with Gasteiger partial charge in [0.15, 0.2) is 17.7 Å². The van der Waals surface area contributed by atoms with Gasteiger partial charge in [-0.1, -0.05) is 12.1 Å². The molecule has 1 spiro atoms. The molecule has 0 unspecified atom stereocenters. The number of ketones is 2. The fraction of sp³-hybridized carbons (Fsp3) is 0.455. The number of hydrogen-bond acceptors (Lipinski definition) is 10. The van der Waals surface area contributed by atoms with Crippen LogP contribution < -0.4 is 0 Å². The number of aliphatic hydroxyl groups excluding tert-OH is 1. The molecule has 6 atom stereocenters. The van der Waals surface area contributed by atoms with Gasteiger partial charge in [0.25, 0.3) is 0 Å². The third kappa shape index (κ3) is 2.76. The van der Waals surface area contributed by atoms with Crippen molar-refractivity contribution in [1.29, 1.82) is 0 Å². The van der Waals surface area contributed by atoms with Crippen LogP contribution in [0.15, 0.2) is 29.3 Å². The minimum absolute atomic E-state index is 0.0533. The number of ether oxygens (including phenoxy) is 4. The lowest BCUT2D eigenvalue weighted by atomic mass is 9.73. The van der Waals surface area contributed by atoms with Crippen molar-refractivity contribution < 1.29 is 48.3 Å². The number of rotatable bonds is 1. The summed E-state index contributed by atoms with van der Waals surface area (Å²) >= 11 is 0. The first-order chi connectivity index (χ1) is 15.1. The van der Waals surface area contributed by atoms with Crippen molar-refractivity contribution in [1.82, 2.24) is 0 Å². The van der Waals surface area contributed by atoms with Crippen molar-refractivity contribution in [2.24, 2.45) is 0 Å². The van der Waals surface area contributed by atoms with E-state index in [0.29, 0.717) is 0 Å². The van der Waals surface area contributed by atoms with Crippen LogP contribution in [0.2, 0.25) is 0 Å². The Bertz CT molecular complexity index is 1100. The van der Waals surface area contributed by atoms with Crippen LogP contribution in [0.1, 0.15) is 47.4 Å². The Morgan fingerprint density at radius 2 is 1.94 bits per heavy atom. The second-order valence-electron chi connectivity index (χ2n) is 8.34. The molecular formula is C22H20O10. The van der Waals surface area contributed by atoms with Gasteiger partial charge in [-0.05, 0) is 13.0 Å². The predicted molar refractivity (Wildman–Crippen MR) is 103 cm³/mol. The van der Waals surface area contributed by atoms with Crippen molar-refractivity contribution in [2.75, 3.05) is 0 Å². The summed E-state index contributed by atoms with van der Waals surface area (Å²) in [6.45, 7) is 2.81. The molecule has 10 nitrogen and oxygen atoms in total. The monoisotopic (exact) mass is 444 g/mol. The van der Waals surface area contributed by atoms with Gasteiger partial charge in [0.2, 0.25) is 5.79 Å². The normalized spacial score (nSPS) is 35.8. The summed E-state index contributed by atoms with van der Waals surface area (Å²) in [5, 5.41) is 21.6. The maximum atomic E-state index is 13.7. The zero-order valence-electron chi connectivity index (χ0n) is 17.2. The summed E-state index contributed by atoms with van der Waals surface area (Å²) in [6.07, 6.45) is -5.73. The first-order valence-electron chi connectivity index (χ1n) is 10.2. The van der Waals surface area contributed by atoms with E-state index in [4.69, 9.17) is 18.9 Å². The molecule has 2 N–H and O–H groups in total. The van der Waals surface area contributed by atoms with E-state index >= 15 is 0 Å². The number of esters is 2. The molecule has 0 saturated carbocycles. The van der Waals surface area contributed by atoms with Crippen LogP contribution in [-0.2, 0) is 28.5 Å². The fourth-order valence-corrected chi connectivity index (χ4v) is 5.01. The third-order valence-electron chi connectivity index (χ3n) is 6.18. The van der Waals surface area contributed by atoms with Crippen molar-refractivity contribution >= 4 is 23.5 Å². The van der Waals surface area contributed by atoms with Crippen LogP contribution in [0.4, 0.5) is 0 Å². The molecule has 2 fully saturated rings. The smallest absolute Gasteiger partial charge is 0.309 e. The number of phenolic OH excluding ortho intramolecular Hbond substituents is 1. The summed E-state index contributed by atoms with van der Waals surface area (Å²) in [7, 11) is 0. The van der Waals surface area contributed by atoms with Crippen LogP contribution in [0.25, 0.3) is 0 Å². The average Bonchev–Trinajstić information content (AvgIpc) is 3.08. The van der Waals surface area contributed by atoms with Crippen LogP contribution in [0, 0.1) is 0 Å². The predicted octanol–water partition coefficient (Wildman–Crippen LogP) is 0.580. The first kappa shape index (κ1) is 20.8. The Kier molecular flexibility index (Phi) is 4.52. The molecule has 4 aliphatic rings. The highest BCUT2D eigenvalue weighted by Gasteiger charge is 2.65. The number of hydrogen-bond donors (Lipinski definition) is 2. The van der Waals surface area contributed by atoms with E-state index in [1.165, 1.54) is 25.1 Å². The standard InChI is InChI=1S/C22H20O10/c1-8-6-13(29-9(2)23)21(28)22(31-8)17-16(20-12(32-22)7-14(25)30-20)18(26)10-4-3-5-11(24)15(10)19(17)27/h3-5,8,12-13,20-21,24,28H,6-7H2,1-2H3/t8-,12-,13-,20+,21+,22-/m1/s1. The molecule has 5 rings (SSSR count). The van der Waals surface area contributed by atoms with E-state index in [9.17, 15) is 29.4 Å². The minimum atomic E-state index is -2.20. The van der Waals surface area contributed by atoms with Gasteiger partial charge in [-0.3, -0.25) is 19.2 Å². The van der Waals surface area contributed by atoms with Gasteiger partial charge >= 0.3 is 11.9 Å². The van der Waals surface area contributed by atoms with Gasteiger partial charge in [-0.25, -0.2) is 0 Å². The highest BCUT2D eigenvalue weighted by Crippen LogP contribution is 2.51. The lowest BCUT2D eigenvalue weighted by molar-refractivity contribution is -0.336. The topological polar surface area (TPSA) is 146 Å². The van der Waals surface area contributed by atoms with Gasteiger partial charge < -0.3 is 29.2 Å². The van der Waals surface area contributed by atoms with E-state index in [-0.39, 0.29) is 35.1 Å². The number of fused-ring (bicyclic) bond motifs is 4. The number of Topliss-reactive ketones (excluding diaryl/α,β-unsaturated/α-hetero) is 2. The molecule has 0 aromatic heterocycles. The zero-order valence-corrected chi connectivity index (χ0v) is 17.2. The number of carbonyl (C=O) groups is 4. The van der Waals surface area contributed by atoms with E-state index in [1.807, 2.05) is 0 Å². The maximum Gasteiger partial charge on any atom is 0.309 e. The molecule has 1 aromatic carbocycles. The van der Waals surface area contributed by atoms with E-state index < -0.39 is 65.6 Å². The Labute approximate surface area is 181 Å². The molecule has 10 heteroatoms. The van der Waals surface area contributed by atoms with E-state index in [1.54, 1.807) is 6.92 Å². The maximum absolute atomic E-state index is 13.7. The zero-order chi connectivity index (χ0) is 22.9. The largest absolute Gasteiger partial charge is 0.507 e. The molecular weight excluding hydrogens is 424 g/mol. The highest BCUT2D eigenvalue weighted by atomic mass is 16.7. The molecule has 2 saturated heterocycles. The van der Waals surface area contributed by atoms with E-state index in [2.05, 4.69) is 0 Å². The molecule has 3 aliphatic heterocycles. The van der Waals surface area contributed by atoms with Crippen molar-refractivity contribution in [3.8, 4) is 5.75 Å². The van der Waals surface area contributed by atoms with Crippen LogP contribution in [0.3, 0.4) is 0 Å². The Morgan fingerprint density at radius 1 is 1.19 bits per heavy atom. The SMILES string of the molecule is CC(=O)O[C@@H]1C[C@@H](C)O[C@]2(O[C@@H]3CC(=O)O[C@@H]3C3=C2C(=O)c2c(O)cccc2C3=O)[C@H]1O. The fourth-order valence-electron chi connectivity index (χ4n) is 5.01. The number of aliphatic hydroxyl groups is 1. The quantitative estimate of drug-likeness (QED) is 0.590. The van der Waals surface area contributed by atoms with Gasteiger partial charge in [0.05, 0.1) is 29.2 Å². The Hall–Kier alpha value is -3.08. The van der Waals surface area contributed by atoms with Crippen molar-refractivity contribution in [3.05, 3.63) is 40.5 Å². The molecule has 1 aromatic rings. The van der Waals surface area contributed by atoms with Crippen LogP contribution in [0.5, 0.6) is 5.75 Å². The van der Waals surface area contributed by atoms with Gasteiger partial charge in [0, 0.05) is 18.9 Å². The van der Waals surface area contributed by atoms with Gasteiger partial charge in [-0.15, -0.1) is 0 Å². The molecule has 0 bridgehead atoms. The number of benzene rings is 1. The average molecular weight is 444 g/mol. The van der Waals surface area contributed by atoms with Gasteiger partial charge in [-0.2, -0.15) is 0 Å². The second kappa shape index (κ2) is 6.96. The molecule has 0 radical (unpaired) electrons. The summed E-state index contributed by atoms with van der Waals surface area (Å²) in [5.74, 6) is -5.37. The molecule has 0 amide bonds. The second-order valence-corrected chi connectivity index (χ2v) is 8.34. The molecule has 3 heterocycles. The van der Waals surface area contributed by atoms with Crippen LogP contribution in [-0.4, -0.2) is 70.0 Å². The van der Waals surface area contributed by atoms with Gasteiger partial charge in [0.1, 0.15) is 24.1 Å². The highest BCUT2D eigenvalue weighted by molar-refractivity contribution is 6.29. The Morgan fingerprint density at radius 3 is 2.66 bits per heavy atom. The van der Waals surface area contributed by atoms with E-state index in [0.717, 1.165) is 0 Å². The summed E-state index contributed by atoms with van der Waals surface area (Å²) in [5.41, 5.74) is -0.837. The Balaban J connectivity index is 1.75. The summed E-state index contributed by atoms with van der Waals surface area (Å²) < 4.78 is 22.6. The summed E-state index contributed by atoms with van der Waals surface area (Å²) in [6, 6.07) is 4.06. The number of aromatic hydroxyl groups is 1. The number of carbonyl (C=O) groups excluding carboxylic acids is 4. The molecule has 168 valence electrons. The lowest BCUT2D eigenvalue weighted by Crippen LogP contribution is -2.66. The lowest BCUT2D eigenvalue weighted by Gasteiger charge is -2.51. The summed E-state index contributed by atoms with van der Waals surface area (Å²) in [4.78, 5) is 50.8. The first-order valence-corrected chi connectivity index (χ1v) is 10.2. The van der Waals surface area contributed by atoms with Crippen molar-refractivity contribution in [2.45, 2.75) is 63.0 Å². The molecule has 1 aliphatic carbocycles. The molecule has 32 heavy (non-hydrogen) atoms. The minimum Gasteiger partial charge on any atom is -0.507 e. The van der Waals surface area contributed by atoms with Crippen molar-refractivity contribution in [3.63, 3.8) is 0 Å².